The molecule has 3 unspecified atom stereocenters. The van der Waals surface area contributed by atoms with Crippen molar-refractivity contribution in [1.29, 1.82) is 0 Å². The first kappa shape index (κ1) is 35.5. The standard InChI is InChI=1S/C34H53NO7/c1-25(32(40)31-33(41)30(35-34(31)42)23-26-19-21-28(38)22-20-26)15-11-7-5-6-9-13-17-27(37)16-12-8-3-2-4-10-14-18-29(39)24-36/h19-22,25,29-30,36,38-40H,2-18,23-24H2,1H3,(H,35,42)/b32-31+. The SMILES string of the molecule is CC(CCCCCCCCC(=O)CCCCCCCCCC(O)CO)/C(O)=C1\C(=O)NC(Cc2ccc(O)cc2)C1=O. The fourth-order valence-corrected chi connectivity index (χ4v) is 5.50. The molecule has 236 valence electrons. The maximum absolute atomic E-state index is 12.8. The van der Waals surface area contributed by atoms with Gasteiger partial charge in [0.15, 0.2) is 5.78 Å². The van der Waals surface area contributed by atoms with Crippen LogP contribution < -0.4 is 5.32 Å². The zero-order valence-electron chi connectivity index (χ0n) is 25.5. The summed E-state index contributed by atoms with van der Waals surface area (Å²) in [6.07, 6.45) is 16.0. The lowest BCUT2D eigenvalue weighted by atomic mass is 9.94. The van der Waals surface area contributed by atoms with E-state index in [1.54, 1.807) is 12.1 Å². The van der Waals surface area contributed by atoms with Gasteiger partial charge in [-0.25, -0.2) is 0 Å². The molecule has 8 nitrogen and oxygen atoms in total. The third-order valence-corrected chi connectivity index (χ3v) is 8.24. The van der Waals surface area contributed by atoms with Crippen LogP contribution in [0.3, 0.4) is 0 Å². The molecule has 42 heavy (non-hydrogen) atoms. The zero-order valence-corrected chi connectivity index (χ0v) is 25.5. The van der Waals surface area contributed by atoms with E-state index >= 15 is 0 Å². The highest BCUT2D eigenvalue weighted by Crippen LogP contribution is 2.25. The number of phenols is 1. The number of carbonyl (C=O) groups is 3. The minimum absolute atomic E-state index is 0.122. The van der Waals surface area contributed by atoms with Gasteiger partial charge in [-0.2, -0.15) is 0 Å². The van der Waals surface area contributed by atoms with Crippen molar-refractivity contribution >= 4 is 17.5 Å². The number of hydrogen-bond donors (Lipinski definition) is 5. The first-order chi connectivity index (χ1) is 20.2. The molecule has 1 fully saturated rings. The summed E-state index contributed by atoms with van der Waals surface area (Å²) < 4.78 is 0. The van der Waals surface area contributed by atoms with E-state index in [0.717, 1.165) is 89.0 Å². The predicted molar refractivity (Wildman–Crippen MR) is 164 cm³/mol. The third kappa shape index (κ3) is 13.5. The summed E-state index contributed by atoms with van der Waals surface area (Å²) in [6.45, 7) is 1.69. The first-order valence-electron chi connectivity index (χ1n) is 16.1. The fourth-order valence-electron chi connectivity index (χ4n) is 5.50. The quantitative estimate of drug-likeness (QED) is 0.0457. The summed E-state index contributed by atoms with van der Waals surface area (Å²) in [5.74, 6) is -0.800. The number of amides is 1. The van der Waals surface area contributed by atoms with Crippen molar-refractivity contribution in [3.8, 4) is 5.75 Å². The molecule has 0 aliphatic carbocycles. The molecule has 8 heteroatoms. The van der Waals surface area contributed by atoms with Crippen LogP contribution in [0.5, 0.6) is 5.75 Å². The molecule has 0 bridgehead atoms. The van der Waals surface area contributed by atoms with E-state index in [4.69, 9.17) is 5.11 Å². The van der Waals surface area contributed by atoms with Crippen molar-refractivity contribution in [3.63, 3.8) is 0 Å². The van der Waals surface area contributed by atoms with E-state index in [9.17, 15) is 29.7 Å². The number of aromatic hydroxyl groups is 1. The van der Waals surface area contributed by atoms with Crippen molar-refractivity contribution in [2.24, 2.45) is 5.92 Å². The van der Waals surface area contributed by atoms with Gasteiger partial charge in [0, 0.05) is 25.2 Å². The van der Waals surface area contributed by atoms with E-state index in [1.807, 2.05) is 6.92 Å². The summed E-state index contributed by atoms with van der Waals surface area (Å²) in [5.41, 5.74) is 0.694. The van der Waals surface area contributed by atoms with Crippen LogP contribution in [0.25, 0.3) is 0 Å². The lowest BCUT2D eigenvalue weighted by molar-refractivity contribution is -0.119. The first-order valence-corrected chi connectivity index (χ1v) is 16.1. The molecule has 1 amide bonds. The van der Waals surface area contributed by atoms with Crippen LogP contribution in [-0.4, -0.2) is 56.7 Å². The average Bonchev–Trinajstić information content (AvgIpc) is 3.25. The molecule has 1 aromatic rings. The molecule has 0 aromatic heterocycles. The second-order valence-corrected chi connectivity index (χ2v) is 12.0. The Morgan fingerprint density at radius 2 is 1.31 bits per heavy atom. The van der Waals surface area contributed by atoms with Gasteiger partial charge in [-0.1, -0.05) is 89.7 Å². The fraction of sp³-hybridized carbons (Fsp3) is 0.676. The summed E-state index contributed by atoms with van der Waals surface area (Å²) in [4.78, 5) is 37.4. The van der Waals surface area contributed by atoms with E-state index in [-0.39, 0.29) is 35.4 Å². The molecular formula is C34H53NO7. The number of carbonyl (C=O) groups excluding carboxylic acids is 3. The second kappa shape index (κ2) is 20.2. The van der Waals surface area contributed by atoms with Crippen LogP contribution in [-0.2, 0) is 20.8 Å². The number of benzene rings is 1. The number of aliphatic hydroxyl groups is 3. The van der Waals surface area contributed by atoms with Gasteiger partial charge in [0.25, 0.3) is 5.91 Å². The van der Waals surface area contributed by atoms with E-state index < -0.39 is 18.1 Å². The van der Waals surface area contributed by atoms with Crippen LogP contribution in [0.15, 0.2) is 35.6 Å². The number of aliphatic hydroxyl groups excluding tert-OH is 3. The van der Waals surface area contributed by atoms with Crippen LogP contribution in [0.2, 0.25) is 0 Å². The Bertz CT molecular complexity index is 988. The Hall–Kier alpha value is -2.71. The number of Topliss-reactive ketones (excluding diaryl/α,β-unsaturated/α-hetero) is 2. The Morgan fingerprint density at radius 1 is 0.810 bits per heavy atom. The molecule has 0 saturated carbocycles. The van der Waals surface area contributed by atoms with Crippen LogP contribution in [0.1, 0.15) is 122 Å². The molecule has 1 saturated heterocycles. The molecule has 5 N–H and O–H groups in total. The van der Waals surface area contributed by atoms with Crippen LogP contribution >= 0.6 is 0 Å². The predicted octanol–water partition coefficient (Wildman–Crippen LogP) is 6.00. The van der Waals surface area contributed by atoms with Crippen molar-refractivity contribution in [1.82, 2.24) is 5.32 Å². The Labute approximate surface area is 251 Å². The molecule has 1 aromatic carbocycles. The molecule has 0 spiro atoms. The number of allylic oxidation sites excluding steroid dienone is 1. The lowest BCUT2D eigenvalue weighted by Gasteiger charge is -2.12. The topological polar surface area (TPSA) is 144 Å². The van der Waals surface area contributed by atoms with Crippen LogP contribution in [0.4, 0.5) is 0 Å². The molecule has 0 radical (unpaired) electrons. The largest absolute Gasteiger partial charge is 0.511 e. The number of rotatable bonds is 23. The van der Waals surface area contributed by atoms with Gasteiger partial charge in [0.05, 0.1) is 18.8 Å². The average molecular weight is 588 g/mol. The van der Waals surface area contributed by atoms with Crippen LogP contribution in [0, 0.1) is 5.92 Å². The molecular weight excluding hydrogens is 534 g/mol. The van der Waals surface area contributed by atoms with Gasteiger partial charge in [0.2, 0.25) is 0 Å². The molecule has 1 heterocycles. The smallest absolute Gasteiger partial charge is 0.259 e. The van der Waals surface area contributed by atoms with Crippen molar-refractivity contribution in [2.45, 2.75) is 135 Å². The highest BCUT2D eigenvalue weighted by Gasteiger charge is 2.39. The van der Waals surface area contributed by atoms with Crippen molar-refractivity contribution in [3.05, 3.63) is 41.2 Å². The minimum atomic E-state index is -0.709. The summed E-state index contributed by atoms with van der Waals surface area (Å²) in [6, 6.07) is 5.79. The monoisotopic (exact) mass is 587 g/mol. The van der Waals surface area contributed by atoms with Gasteiger partial charge >= 0.3 is 0 Å². The van der Waals surface area contributed by atoms with Gasteiger partial charge in [-0.3, -0.25) is 14.4 Å². The number of hydrogen-bond acceptors (Lipinski definition) is 7. The van der Waals surface area contributed by atoms with Crippen molar-refractivity contribution < 1.29 is 34.8 Å². The van der Waals surface area contributed by atoms with E-state index in [2.05, 4.69) is 5.32 Å². The zero-order chi connectivity index (χ0) is 30.7. The highest BCUT2D eigenvalue weighted by atomic mass is 16.3. The number of unbranched alkanes of at least 4 members (excludes halogenated alkanes) is 11. The van der Waals surface area contributed by atoms with Crippen molar-refractivity contribution in [2.75, 3.05) is 6.61 Å². The number of phenolic OH excluding ortho intramolecular Hbond substituents is 1. The minimum Gasteiger partial charge on any atom is -0.511 e. The van der Waals surface area contributed by atoms with E-state index in [0.29, 0.717) is 37.9 Å². The lowest BCUT2D eigenvalue weighted by Crippen LogP contribution is -2.31. The Morgan fingerprint density at radius 3 is 1.86 bits per heavy atom. The summed E-state index contributed by atoms with van der Waals surface area (Å²) in [5, 5.41) is 40.9. The maximum atomic E-state index is 12.8. The van der Waals surface area contributed by atoms with Gasteiger partial charge < -0.3 is 25.7 Å². The number of ketones is 2. The van der Waals surface area contributed by atoms with Gasteiger partial charge in [0.1, 0.15) is 22.9 Å². The maximum Gasteiger partial charge on any atom is 0.259 e. The van der Waals surface area contributed by atoms with E-state index in [1.165, 1.54) is 12.1 Å². The van der Waals surface area contributed by atoms with Gasteiger partial charge in [-0.15, -0.1) is 0 Å². The third-order valence-electron chi connectivity index (χ3n) is 8.24. The normalized spacial score (nSPS) is 17.7. The molecule has 1 aliphatic heterocycles. The number of nitrogens with one attached hydrogen (secondary N) is 1. The Balaban J connectivity index is 1.49. The summed E-state index contributed by atoms with van der Waals surface area (Å²) in [7, 11) is 0. The Kier molecular flexibility index (Phi) is 17.1. The summed E-state index contributed by atoms with van der Waals surface area (Å²) >= 11 is 0. The van der Waals surface area contributed by atoms with Gasteiger partial charge in [-0.05, 0) is 43.4 Å². The second-order valence-electron chi connectivity index (χ2n) is 12.0. The molecule has 3 atom stereocenters. The highest BCUT2D eigenvalue weighted by molar-refractivity contribution is 6.27. The molecule has 1 aliphatic rings. The molecule has 2 rings (SSSR count).